The first-order valence-corrected chi connectivity index (χ1v) is 6.68. The Balaban J connectivity index is 2.38. The number of anilines is 1. The first-order chi connectivity index (χ1) is 9.89. The van der Waals surface area contributed by atoms with Gasteiger partial charge in [0.1, 0.15) is 17.5 Å². The minimum Gasteiger partial charge on any atom is -0.348 e. The molecule has 0 aliphatic carbocycles. The molecule has 0 aliphatic heterocycles. The van der Waals surface area contributed by atoms with Gasteiger partial charge >= 0.3 is 6.18 Å². The first kappa shape index (κ1) is 15.6. The summed E-state index contributed by atoms with van der Waals surface area (Å²) in [6.45, 7) is 0.718. The molecule has 1 aromatic heterocycles. The van der Waals surface area contributed by atoms with Crippen molar-refractivity contribution < 1.29 is 13.2 Å². The maximum atomic E-state index is 12.6. The summed E-state index contributed by atoms with van der Waals surface area (Å²) in [5, 5.41) is 0.111. The van der Waals surface area contributed by atoms with E-state index in [0.717, 1.165) is 4.90 Å². The second kappa shape index (κ2) is 6.30. The number of halogens is 4. The van der Waals surface area contributed by atoms with Crippen molar-refractivity contribution in [2.24, 2.45) is 0 Å². The van der Waals surface area contributed by atoms with Gasteiger partial charge in [0.15, 0.2) is 5.82 Å². The van der Waals surface area contributed by atoms with E-state index in [1.807, 2.05) is 6.07 Å². The molecule has 0 bridgehead atoms. The Kier molecular flexibility index (Phi) is 4.67. The van der Waals surface area contributed by atoms with Crippen LogP contribution in [-0.2, 0) is 0 Å². The SMILES string of the molecule is CCN(CC(F)(F)F)c1cc(Cl)nc(-c2ccccc2)n1. The molecule has 0 saturated heterocycles. The molecule has 0 aliphatic rings. The van der Waals surface area contributed by atoms with Gasteiger partial charge in [-0.1, -0.05) is 41.9 Å². The number of hydrogen-bond acceptors (Lipinski definition) is 3. The minimum atomic E-state index is -4.31. The predicted molar refractivity (Wildman–Crippen MR) is 76.4 cm³/mol. The lowest BCUT2D eigenvalue weighted by Crippen LogP contribution is -2.34. The molecular weight excluding hydrogens is 303 g/mol. The quantitative estimate of drug-likeness (QED) is 0.792. The van der Waals surface area contributed by atoms with Crippen LogP contribution in [0, 0.1) is 0 Å². The van der Waals surface area contributed by atoms with E-state index in [1.165, 1.54) is 6.07 Å². The van der Waals surface area contributed by atoms with Gasteiger partial charge in [-0.2, -0.15) is 13.2 Å². The molecule has 0 fully saturated rings. The van der Waals surface area contributed by atoms with Gasteiger partial charge in [0.05, 0.1) is 0 Å². The average molecular weight is 316 g/mol. The molecule has 112 valence electrons. The van der Waals surface area contributed by atoms with E-state index in [0.29, 0.717) is 11.4 Å². The van der Waals surface area contributed by atoms with Gasteiger partial charge in [-0.15, -0.1) is 0 Å². The molecule has 21 heavy (non-hydrogen) atoms. The summed E-state index contributed by atoms with van der Waals surface area (Å²) in [6, 6.07) is 10.3. The molecule has 1 heterocycles. The standard InChI is InChI=1S/C14H13ClF3N3/c1-2-21(9-14(16,17)18)12-8-11(15)19-13(20-12)10-6-4-3-5-7-10/h3-8H,2,9H2,1H3. The normalized spacial score (nSPS) is 11.5. The van der Waals surface area contributed by atoms with Crippen molar-refractivity contribution >= 4 is 17.4 Å². The lowest BCUT2D eigenvalue weighted by atomic mass is 10.2. The topological polar surface area (TPSA) is 29.0 Å². The number of hydrogen-bond donors (Lipinski definition) is 0. The van der Waals surface area contributed by atoms with Crippen LogP contribution in [0.1, 0.15) is 6.92 Å². The highest BCUT2D eigenvalue weighted by molar-refractivity contribution is 6.29. The highest BCUT2D eigenvalue weighted by Gasteiger charge is 2.31. The number of rotatable bonds is 4. The average Bonchev–Trinajstić information content (AvgIpc) is 2.44. The third kappa shape index (κ3) is 4.32. The number of aromatic nitrogens is 2. The Hall–Kier alpha value is -1.82. The zero-order chi connectivity index (χ0) is 15.5. The zero-order valence-electron chi connectivity index (χ0n) is 11.2. The third-order valence-corrected chi connectivity index (χ3v) is 2.98. The molecule has 0 saturated carbocycles. The van der Waals surface area contributed by atoms with Crippen LogP contribution in [0.25, 0.3) is 11.4 Å². The molecule has 3 nitrogen and oxygen atoms in total. The van der Waals surface area contributed by atoms with Crippen LogP contribution < -0.4 is 4.90 Å². The fourth-order valence-corrected chi connectivity index (χ4v) is 2.03. The molecule has 0 radical (unpaired) electrons. The van der Waals surface area contributed by atoms with Crippen LogP contribution in [0.15, 0.2) is 36.4 Å². The van der Waals surface area contributed by atoms with Gasteiger partial charge in [-0.25, -0.2) is 9.97 Å². The van der Waals surface area contributed by atoms with E-state index in [9.17, 15) is 13.2 Å². The maximum Gasteiger partial charge on any atom is 0.405 e. The smallest absolute Gasteiger partial charge is 0.348 e. The van der Waals surface area contributed by atoms with Crippen LogP contribution in [-0.4, -0.2) is 29.2 Å². The van der Waals surface area contributed by atoms with Crippen molar-refractivity contribution in [3.63, 3.8) is 0 Å². The largest absolute Gasteiger partial charge is 0.405 e. The van der Waals surface area contributed by atoms with E-state index in [2.05, 4.69) is 9.97 Å². The summed E-state index contributed by atoms with van der Waals surface area (Å²) in [5.74, 6) is 0.465. The Labute approximate surface area is 125 Å². The van der Waals surface area contributed by atoms with Crippen molar-refractivity contribution in [3.05, 3.63) is 41.6 Å². The summed E-state index contributed by atoms with van der Waals surface area (Å²) >= 11 is 5.91. The van der Waals surface area contributed by atoms with Gasteiger partial charge < -0.3 is 4.90 Å². The summed E-state index contributed by atoms with van der Waals surface area (Å²) in [6.07, 6.45) is -4.31. The Morgan fingerprint density at radius 2 is 1.81 bits per heavy atom. The maximum absolute atomic E-state index is 12.6. The van der Waals surface area contributed by atoms with Gasteiger partial charge in [0.2, 0.25) is 0 Å². The summed E-state index contributed by atoms with van der Waals surface area (Å²) in [5.41, 5.74) is 0.698. The molecule has 0 amide bonds. The second-order valence-electron chi connectivity index (χ2n) is 4.37. The van der Waals surface area contributed by atoms with E-state index >= 15 is 0 Å². The highest BCUT2D eigenvalue weighted by atomic mass is 35.5. The van der Waals surface area contributed by atoms with E-state index in [4.69, 9.17) is 11.6 Å². The summed E-state index contributed by atoms with van der Waals surface area (Å²) in [4.78, 5) is 9.36. The molecule has 1 aromatic carbocycles. The van der Waals surface area contributed by atoms with E-state index in [1.54, 1.807) is 31.2 Å². The van der Waals surface area contributed by atoms with Crippen LogP contribution in [0.4, 0.5) is 19.0 Å². The minimum absolute atomic E-state index is 0.111. The highest BCUT2D eigenvalue weighted by Crippen LogP contribution is 2.25. The number of alkyl halides is 3. The van der Waals surface area contributed by atoms with Gasteiger partial charge in [0.25, 0.3) is 0 Å². The van der Waals surface area contributed by atoms with Gasteiger partial charge in [-0.05, 0) is 6.92 Å². The lowest BCUT2D eigenvalue weighted by Gasteiger charge is -2.23. The Morgan fingerprint density at radius 1 is 1.14 bits per heavy atom. The van der Waals surface area contributed by atoms with Crippen molar-refractivity contribution in [3.8, 4) is 11.4 Å². The number of benzene rings is 1. The predicted octanol–water partition coefficient (Wildman–Crippen LogP) is 4.19. The summed E-state index contributed by atoms with van der Waals surface area (Å²) < 4.78 is 37.8. The lowest BCUT2D eigenvalue weighted by molar-refractivity contribution is -0.119. The van der Waals surface area contributed by atoms with Crippen LogP contribution in [0.3, 0.4) is 0 Å². The molecule has 0 spiro atoms. The Bertz CT molecular complexity index is 602. The third-order valence-electron chi connectivity index (χ3n) is 2.79. The van der Waals surface area contributed by atoms with Crippen LogP contribution in [0.5, 0.6) is 0 Å². The van der Waals surface area contributed by atoms with Crippen molar-refractivity contribution in [2.75, 3.05) is 18.0 Å². The zero-order valence-corrected chi connectivity index (χ0v) is 12.0. The molecule has 0 atom stereocenters. The monoisotopic (exact) mass is 315 g/mol. The fraction of sp³-hybridized carbons (Fsp3) is 0.286. The van der Waals surface area contributed by atoms with Crippen LogP contribution in [0.2, 0.25) is 5.15 Å². The Morgan fingerprint density at radius 3 is 2.38 bits per heavy atom. The van der Waals surface area contributed by atoms with Gasteiger partial charge in [-0.3, -0.25) is 0 Å². The van der Waals surface area contributed by atoms with Crippen molar-refractivity contribution in [2.45, 2.75) is 13.1 Å². The first-order valence-electron chi connectivity index (χ1n) is 6.31. The molecule has 0 N–H and O–H groups in total. The van der Waals surface area contributed by atoms with Crippen molar-refractivity contribution in [1.82, 2.24) is 9.97 Å². The number of nitrogens with zero attached hydrogens (tertiary/aromatic N) is 3. The van der Waals surface area contributed by atoms with Gasteiger partial charge in [0, 0.05) is 18.2 Å². The van der Waals surface area contributed by atoms with E-state index < -0.39 is 12.7 Å². The second-order valence-corrected chi connectivity index (χ2v) is 4.76. The van der Waals surface area contributed by atoms with Crippen molar-refractivity contribution in [1.29, 1.82) is 0 Å². The van der Waals surface area contributed by atoms with E-state index in [-0.39, 0.29) is 17.5 Å². The molecule has 2 aromatic rings. The molecular formula is C14H13ClF3N3. The molecule has 0 unspecified atom stereocenters. The molecule has 2 rings (SSSR count). The summed E-state index contributed by atoms with van der Waals surface area (Å²) in [7, 11) is 0. The molecule has 7 heteroatoms. The fourth-order valence-electron chi connectivity index (χ4n) is 1.86. The van der Waals surface area contributed by atoms with Crippen LogP contribution >= 0.6 is 11.6 Å².